The van der Waals surface area contributed by atoms with E-state index in [-0.39, 0.29) is 23.9 Å². The Morgan fingerprint density at radius 2 is 1.81 bits per heavy atom. The van der Waals surface area contributed by atoms with Gasteiger partial charge in [-0.05, 0) is 48.4 Å². The lowest BCUT2D eigenvalue weighted by atomic mass is 9.93. The first-order valence-corrected chi connectivity index (χ1v) is 10.4. The second-order valence-corrected chi connectivity index (χ2v) is 8.02. The summed E-state index contributed by atoms with van der Waals surface area (Å²) in [6.45, 7) is 2.05. The molecule has 2 N–H and O–H groups in total. The Bertz CT molecular complexity index is 1120. The second-order valence-electron chi connectivity index (χ2n) is 7.58. The van der Waals surface area contributed by atoms with Gasteiger partial charge in [-0.25, -0.2) is 4.79 Å². The summed E-state index contributed by atoms with van der Waals surface area (Å²) in [5, 5.41) is 14.5. The molecule has 0 radical (unpaired) electrons. The maximum Gasteiger partial charge on any atom is 0.337 e. The summed E-state index contributed by atoms with van der Waals surface area (Å²) >= 11 is 6.21. The number of halogens is 1. The maximum absolute atomic E-state index is 11.8. The molecule has 0 saturated heterocycles. The first-order chi connectivity index (χ1) is 14.9. The molecule has 2 atom stereocenters. The SMILES string of the molecule is COC(=O)c1ccc([C@H]2N=C(c3ccc(C)cc3)C[C@H](c3cc(Cl)ccc3O)N2)cc1. The minimum Gasteiger partial charge on any atom is -0.508 e. The van der Waals surface area contributed by atoms with Gasteiger partial charge in [-0.15, -0.1) is 0 Å². The topological polar surface area (TPSA) is 70.9 Å². The lowest BCUT2D eigenvalue weighted by Crippen LogP contribution is -2.33. The van der Waals surface area contributed by atoms with Crippen LogP contribution in [0.4, 0.5) is 0 Å². The molecule has 0 aromatic heterocycles. The van der Waals surface area contributed by atoms with Gasteiger partial charge in [-0.1, -0.05) is 53.6 Å². The summed E-state index contributed by atoms with van der Waals surface area (Å²) in [6.07, 6.45) is 0.258. The molecule has 0 bridgehead atoms. The summed E-state index contributed by atoms with van der Waals surface area (Å²) < 4.78 is 4.78. The third kappa shape index (κ3) is 4.63. The van der Waals surface area contributed by atoms with Crippen LogP contribution in [-0.2, 0) is 4.74 Å². The Hall–Kier alpha value is -3.15. The number of aryl methyl sites for hydroxylation is 1. The van der Waals surface area contributed by atoms with E-state index in [0.717, 1.165) is 22.4 Å². The van der Waals surface area contributed by atoms with E-state index in [2.05, 4.69) is 29.6 Å². The number of hydrogen-bond donors (Lipinski definition) is 2. The monoisotopic (exact) mass is 434 g/mol. The average molecular weight is 435 g/mol. The maximum atomic E-state index is 11.8. The average Bonchev–Trinajstić information content (AvgIpc) is 2.80. The molecule has 3 aromatic rings. The van der Waals surface area contributed by atoms with Gasteiger partial charge in [0, 0.05) is 28.8 Å². The zero-order valence-corrected chi connectivity index (χ0v) is 18.1. The fourth-order valence-corrected chi connectivity index (χ4v) is 3.90. The molecule has 6 heteroatoms. The van der Waals surface area contributed by atoms with Gasteiger partial charge >= 0.3 is 5.97 Å². The number of hydrogen-bond acceptors (Lipinski definition) is 5. The molecule has 0 amide bonds. The van der Waals surface area contributed by atoms with Crippen LogP contribution >= 0.6 is 11.6 Å². The zero-order valence-electron chi connectivity index (χ0n) is 17.3. The van der Waals surface area contributed by atoms with Crippen molar-refractivity contribution >= 4 is 23.3 Å². The molecular weight excluding hydrogens is 412 g/mol. The minimum absolute atomic E-state index is 0.183. The second kappa shape index (κ2) is 8.92. The molecule has 1 aliphatic rings. The largest absolute Gasteiger partial charge is 0.508 e. The van der Waals surface area contributed by atoms with Crippen LogP contribution in [0.3, 0.4) is 0 Å². The fraction of sp³-hybridized carbons (Fsp3) is 0.200. The van der Waals surface area contributed by atoms with E-state index in [0.29, 0.717) is 17.0 Å². The van der Waals surface area contributed by atoms with Crippen molar-refractivity contribution in [3.8, 4) is 5.75 Å². The minimum atomic E-state index is -0.381. The Morgan fingerprint density at radius 1 is 1.10 bits per heavy atom. The molecule has 0 unspecified atom stereocenters. The lowest BCUT2D eigenvalue weighted by molar-refractivity contribution is 0.0600. The lowest BCUT2D eigenvalue weighted by Gasteiger charge is -2.31. The number of nitrogens with one attached hydrogen (secondary N) is 1. The van der Waals surface area contributed by atoms with Crippen LogP contribution in [-0.4, -0.2) is 23.9 Å². The van der Waals surface area contributed by atoms with Gasteiger partial charge in [0.25, 0.3) is 0 Å². The van der Waals surface area contributed by atoms with Crippen LogP contribution in [0.1, 0.15) is 51.2 Å². The van der Waals surface area contributed by atoms with Gasteiger partial charge in [0.05, 0.1) is 12.7 Å². The van der Waals surface area contributed by atoms with Gasteiger partial charge < -0.3 is 9.84 Å². The van der Waals surface area contributed by atoms with E-state index in [1.807, 2.05) is 19.1 Å². The Labute approximate surface area is 186 Å². The normalized spacial score (nSPS) is 18.4. The molecule has 1 heterocycles. The smallest absolute Gasteiger partial charge is 0.337 e. The number of esters is 1. The number of rotatable bonds is 4. The number of carbonyl (C=O) groups excluding carboxylic acids is 1. The summed E-state index contributed by atoms with van der Waals surface area (Å²) in [5.41, 5.74) is 5.26. The van der Waals surface area contributed by atoms with Gasteiger partial charge in [0.2, 0.25) is 0 Å². The molecule has 158 valence electrons. The molecule has 0 aliphatic carbocycles. The standard InChI is InChI=1S/C25H23ClN2O3/c1-15-3-5-16(6-4-15)21-14-22(20-13-19(26)11-12-23(20)29)28-24(27-21)17-7-9-18(10-8-17)25(30)31-2/h3-13,22,24,28-29H,14H2,1-2H3/t22-,24+/m1/s1. The van der Waals surface area contributed by atoms with Crippen LogP contribution < -0.4 is 5.32 Å². The summed E-state index contributed by atoms with van der Waals surface area (Å²) in [6, 6.07) is 20.3. The first-order valence-electron chi connectivity index (χ1n) is 10.0. The number of methoxy groups -OCH3 is 1. The van der Waals surface area contributed by atoms with Crippen molar-refractivity contribution in [2.45, 2.75) is 25.6 Å². The quantitative estimate of drug-likeness (QED) is 0.542. The van der Waals surface area contributed by atoms with Crippen molar-refractivity contribution < 1.29 is 14.6 Å². The van der Waals surface area contributed by atoms with E-state index in [4.69, 9.17) is 21.3 Å². The van der Waals surface area contributed by atoms with Crippen molar-refractivity contribution in [2.24, 2.45) is 4.99 Å². The molecular formula is C25H23ClN2O3. The highest BCUT2D eigenvalue weighted by Gasteiger charge is 2.28. The fourth-order valence-electron chi connectivity index (χ4n) is 3.72. The molecule has 0 saturated carbocycles. The zero-order chi connectivity index (χ0) is 22.0. The van der Waals surface area contributed by atoms with Crippen molar-refractivity contribution in [1.29, 1.82) is 0 Å². The van der Waals surface area contributed by atoms with Crippen LogP contribution in [0, 0.1) is 6.92 Å². The number of ether oxygens (including phenoxy) is 1. The van der Waals surface area contributed by atoms with Crippen LogP contribution in [0.25, 0.3) is 0 Å². The van der Waals surface area contributed by atoms with Crippen molar-refractivity contribution in [1.82, 2.24) is 5.32 Å². The van der Waals surface area contributed by atoms with E-state index in [9.17, 15) is 9.90 Å². The predicted molar refractivity (Wildman–Crippen MR) is 122 cm³/mol. The van der Waals surface area contributed by atoms with Crippen LogP contribution in [0.15, 0.2) is 71.7 Å². The molecule has 1 aliphatic heterocycles. The Morgan fingerprint density at radius 3 is 2.48 bits per heavy atom. The predicted octanol–water partition coefficient (Wildman–Crippen LogP) is 5.36. The number of phenols is 1. The first kappa shape index (κ1) is 21.1. The summed E-state index contributed by atoms with van der Waals surface area (Å²) in [5.74, 6) is -0.194. The van der Waals surface area contributed by atoms with Gasteiger partial charge in [0.1, 0.15) is 11.9 Å². The number of nitrogens with zero attached hydrogens (tertiary/aromatic N) is 1. The van der Waals surface area contributed by atoms with E-state index < -0.39 is 0 Å². The highest BCUT2D eigenvalue weighted by Crippen LogP contribution is 2.35. The molecule has 4 rings (SSSR count). The number of phenolic OH excluding ortho intramolecular Hbond substituents is 1. The van der Waals surface area contributed by atoms with E-state index >= 15 is 0 Å². The molecule has 0 spiro atoms. The van der Waals surface area contributed by atoms with Crippen LogP contribution in [0.2, 0.25) is 5.02 Å². The third-order valence-corrected chi connectivity index (χ3v) is 5.67. The van der Waals surface area contributed by atoms with Crippen molar-refractivity contribution in [2.75, 3.05) is 7.11 Å². The Kier molecular flexibility index (Phi) is 6.07. The van der Waals surface area contributed by atoms with Crippen LogP contribution in [0.5, 0.6) is 5.75 Å². The van der Waals surface area contributed by atoms with E-state index in [1.54, 1.807) is 30.3 Å². The third-order valence-electron chi connectivity index (χ3n) is 5.44. The van der Waals surface area contributed by atoms with Gasteiger partial charge in [0.15, 0.2) is 0 Å². The van der Waals surface area contributed by atoms with Gasteiger partial charge in [-0.2, -0.15) is 0 Å². The Balaban J connectivity index is 1.73. The highest BCUT2D eigenvalue weighted by atomic mass is 35.5. The molecule has 5 nitrogen and oxygen atoms in total. The summed E-state index contributed by atoms with van der Waals surface area (Å²) in [7, 11) is 1.36. The number of carbonyl (C=O) groups is 1. The van der Waals surface area contributed by atoms with Crippen molar-refractivity contribution in [3.63, 3.8) is 0 Å². The number of benzene rings is 3. The summed E-state index contributed by atoms with van der Waals surface area (Å²) in [4.78, 5) is 16.7. The van der Waals surface area contributed by atoms with Crippen molar-refractivity contribution in [3.05, 3.63) is 99.6 Å². The molecule has 0 fully saturated rings. The van der Waals surface area contributed by atoms with E-state index in [1.165, 1.54) is 12.7 Å². The number of aromatic hydroxyl groups is 1. The molecule has 3 aromatic carbocycles. The highest BCUT2D eigenvalue weighted by molar-refractivity contribution is 6.30. The number of aliphatic imine (C=N–C) groups is 1. The molecule has 31 heavy (non-hydrogen) atoms. The van der Waals surface area contributed by atoms with Gasteiger partial charge in [-0.3, -0.25) is 10.3 Å².